The Hall–Kier alpha value is -1.36. The summed E-state index contributed by atoms with van der Waals surface area (Å²) in [5, 5.41) is 6.49. The van der Waals surface area contributed by atoms with Crippen molar-refractivity contribution in [3.8, 4) is 0 Å². The van der Waals surface area contributed by atoms with Crippen LogP contribution in [0.3, 0.4) is 0 Å². The third kappa shape index (κ3) is 4.09. The molecule has 2 heterocycles. The highest BCUT2D eigenvalue weighted by molar-refractivity contribution is 5.92. The predicted octanol–water partition coefficient (Wildman–Crippen LogP) is 2.98. The first-order valence-electron chi connectivity index (χ1n) is 8.80. The van der Waals surface area contributed by atoms with Crippen LogP contribution in [-0.2, 0) is 0 Å². The molecule has 2 aliphatic rings. The van der Waals surface area contributed by atoms with Crippen LogP contribution >= 0.6 is 0 Å². The van der Waals surface area contributed by atoms with Crippen molar-refractivity contribution in [3.63, 3.8) is 0 Å². The lowest BCUT2D eigenvalue weighted by Crippen LogP contribution is -2.35. The lowest BCUT2D eigenvalue weighted by atomic mass is 9.96. The number of hydrogen-bond donors (Lipinski definition) is 2. The molecule has 1 saturated heterocycles. The van der Waals surface area contributed by atoms with E-state index in [9.17, 15) is 4.79 Å². The van der Waals surface area contributed by atoms with Gasteiger partial charge in [0.15, 0.2) is 11.6 Å². The Bertz CT molecular complexity index is 472. The molecule has 1 atom stereocenters. The van der Waals surface area contributed by atoms with E-state index < -0.39 is 0 Å². The summed E-state index contributed by atoms with van der Waals surface area (Å²) in [6.07, 6.45) is 12.2. The molecule has 2 N–H and O–H groups in total. The molecule has 1 aliphatic carbocycles. The summed E-state index contributed by atoms with van der Waals surface area (Å²) in [4.78, 5) is 16.8. The second kappa shape index (κ2) is 7.77. The van der Waals surface area contributed by atoms with Crippen molar-refractivity contribution >= 4 is 5.91 Å². The molecule has 0 aromatic carbocycles. The summed E-state index contributed by atoms with van der Waals surface area (Å²) in [5.41, 5.74) is 0.433. The van der Waals surface area contributed by atoms with Crippen LogP contribution < -0.4 is 10.6 Å². The van der Waals surface area contributed by atoms with Gasteiger partial charge in [0.05, 0.1) is 0 Å². The fourth-order valence-corrected chi connectivity index (χ4v) is 3.50. The smallest absolute Gasteiger partial charge is 0.273 e. The van der Waals surface area contributed by atoms with Crippen molar-refractivity contribution in [3.05, 3.63) is 17.8 Å². The molecule has 0 bridgehead atoms. The Labute approximate surface area is 132 Å². The SMILES string of the molecule is O=C(NC1CCCCCCC1)c1coc(C2CCCNC2)n1. The molecule has 5 nitrogen and oxygen atoms in total. The number of nitrogens with zero attached hydrogens (tertiary/aromatic N) is 1. The van der Waals surface area contributed by atoms with Crippen LogP contribution in [0, 0.1) is 0 Å². The minimum Gasteiger partial charge on any atom is -0.448 e. The van der Waals surface area contributed by atoms with Crippen molar-refractivity contribution in [2.24, 2.45) is 0 Å². The normalized spacial score (nSPS) is 24.5. The van der Waals surface area contributed by atoms with E-state index in [0.29, 0.717) is 23.5 Å². The molecule has 1 saturated carbocycles. The maximum atomic E-state index is 12.4. The number of carbonyl (C=O) groups is 1. The predicted molar refractivity (Wildman–Crippen MR) is 84.9 cm³/mol. The molecule has 122 valence electrons. The van der Waals surface area contributed by atoms with Gasteiger partial charge in [0.2, 0.25) is 0 Å². The van der Waals surface area contributed by atoms with E-state index >= 15 is 0 Å². The van der Waals surface area contributed by atoms with Crippen LogP contribution in [0.1, 0.15) is 80.1 Å². The molecule has 0 radical (unpaired) electrons. The van der Waals surface area contributed by atoms with Crippen molar-refractivity contribution in [2.45, 2.75) is 69.7 Å². The third-order valence-electron chi connectivity index (χ3n) is 4.84. The van der Waals surface area contributed by atoms with E-state index in [4.69, 9.17) is 4.42 Å². The lowest BCUT2D eigenvalue weighted by Gasteiger charge is -2.20. The van der Waals surface area contributed by atoms with E-state index in [2.05, 4.69) is 15.6 Å². The molecular weight excluding hydrogens is 278 g/mol. The zero-order chi connectivity index (χ0) is 15.2. The van der Waals surface area contributed by atoms with Crippen LogP contribution in [0.2, 0.25) is 0 Å². The molecule has 3 rings (SSSR count). The second-order valence-corrected chi connectivity index (χ2v) is 6.63. The number of nitrogens with one attached hydrogen (secondary N) is 2. The van der Waals surface area contributed by atoms with Gasteiger partial charge in [-0.1, -0.05) is 32.1 Å². The average Bonchev–Trinajstić information content (AvgIpc) is 3.01. The zero-order valence-corrected chi connectivity index (χ0v) is 13.3. The number of piperidine rings is 1. The third-order valence-corrected chi connectivity index (χ3v) is 4.84. The van der Waals surface area contributed by atoms with E-state index in [1.165, 1.54) is 38.4 Å². The van der Waals surface area contributed by atoms with Crippen LogP contribution in [0.4, 0.5) is 0 Å². The monoisotopic (exact) mass is 305 g/mol. The summed E-state index contributed by atoms with van der Waals surface area (Å²) in [7, 11) is 0. The van der Waals surface area contributed by atoms with Gasteiger partial charge in [-0.25, -0.2) is 4.98 Å². The van der Waals surface area contributed by atoms with Crippen LogP contribution in [0.5, 0.6) is 0 Å². The van der Waals surface area contributed by atoms with Gasteiger partial charge in [0.1, 0.15) is 6.26 Å². The largest absolute Gasteiger partial charge is 0.448 e. The summed E-state index contributed by atoms with van der Waals surface area (Å²) >= 11 is 0. The second-order valence-electron chi connectivity index (χ2n) is 6.63. The van der Waals surface area contributed by atoms with Gasteiger partial charge in [0, 0.05) is 18.5 Å². The number of oxazole rings is 1. The van der Waals surface area contributed by atoms with Gasteiger partial charge in [-0.2, -0.15) is 0 Å². The number of hydrogen-bond acceptors (Lipinski definition) is 4. The first kappa shape index (κ1) is 15.5. The Morgan fingerprint density at radius 1 is 1.14 bits per heavy atom. The standard InChI is InChI=1S/C17H27N3O2/c21-16(19-14-8-4-2-1-3-5-9-14)15-12-22-17(20-15)13-7-6-10-18-11-13/h12-14,18H,1-11H2,(H,19,21). The minimum absolute atomic E-state index is 0.0793. The minimum atomic E-state index is -0.0793. The first-order chi connectivity index (χ1) is 10.8. The van der Waals surface area contributed by atoms with Gasteiger partial charge in [-0.15, -0.1) is 0 Å². The first-order valence-corrected chi connectivity index (χ1v) is 8.80. The van der Waals surface area contributed by atoms with Gasteiger partial charge < -0.3 is 15.1 Å². The molecule has 1 unspecified atom stereocenters. The van der Waals surface area contributed by atoms with Crippen molar-refractivity contribution in [1.29, 1.82) is 0 Å². The van der Waals surface area contributed by atoms with Crippen molar-refractivity contribution < 1.29 is 9.21 Å². The van der Waals surface area contributed by atoms with E-state index in [1.807, 2.05) is 0 Å². The molecule has 0 spiro atoms. The van der Waals surface area contributed by atoms with Gasteiger partial charge in [-0.3, -0.25) is 4.79 Å². The highest BCUT2D eigenvalue weighted by atomic mass is 16.3. The van der Waals surface area contributed by atoms with E-state index in [-0.39, 0.29) is 5.91 Å². The lowest BCUT2D eigenvalue weighted by molar-refractivity contribution is 0.0925. The van der Waals surface area contributed by atoms with Crippen molar-refractivity contribution in [1.82, 2.24) is 15.6 Å². The fraction of sp³-hybridized carbons (Fsp3) is 0.765. The van der Waals surface area contributed by atoms with Crippen LogP contribution in [0.15, 0.2) is 10.7 Å². The molecule has 22 heavy (non-hydrogen) atoms. The molecule has 1 amide bonds. The molecule has 1 aromatic rings. The summed E-state index contributed by atoms with van der Waals surface area (Å²) in [5.74, 6) is 0.927. The molecule has 1 aliphatic heterocycles. The van der Waals surface area contributed by atoms with Crippen LogP contribution in [0.25, 0.3) is 0 Å². The number of rotatable bonds is 3. The zero-order valence-electron chi connectivity index (χ0n) is 13.3. The summed E-state index contributed by atoms with van der Waals surface area (Å²) in [6, 6.07) is 0.296. The maximum Gasteiger partial charge on any atom is 0.273 e. The fourth-order valence-electron chi connectivity index (χ4n) is 3.50. The Morgan fingerprint density at radius 3 is 2.64 bits per heavy atom. The molecule has 2 fully saturated rings. The summed E-state index contributed by atoms with van der Waals surface area (Å²) < 4.78 is 5.55. The number of carbonyl (C=O) groups excluding carboxylic acids is 1. The Balaban J connectivity index is 1.56. The van der Waals surface area contributed by atoms with E-state index in [1.54, 1.807) is 0 Å². The maximum absolute atomic E-state index is 12.4. The Morgan fingerprint density at radius 2 is 1.91 bits per heavy atom. The topological polar surface area (TPSA) is 67.2 Å². The molecule has 1 aromatic heterocycles. The van der Waals surface area contributed by atoms with Gasteiger partial charge in [0.25, 0.3) is 5.91 Å². The van der Waals surface area contributed by atoms with Gasteiger partial charge in [-0.05, 0) is 32.2 Å². The Kier molecular flexibility index (Phi) is 5.48. The van der Waals surface area contributed by atoms with Gasteiger partial charge >= 0.3 is 0 Å². The van der Waals surface area contributed by atoms with Crippen LogP contribution in [-0.4, -0.2) is 30.0 Å². The number of amides is 1. The highest BCUT2D eigenvalue weighted by Gasteiger charge is 2.23. The summed E-state index contributed by atoms with van der Waals surface area (Å²) in [6.45, 7) is 1.95. The molecule has 5 heteroatoms. The van der Waals surface area contributed by atoms with E-state index in [0.717, 1.165) is 38.8 Å². The van der Waals surface area contributed by atoms with Crippen molar-refractivity contribution in [2.75, 3.05) is 13.1 Å². The number of aromatic nitrogens is 1. The average molecular weight is 305 g/mol. The molecular formula is C17H27N3O2. The quantitative estimate of drug-likeness (QED) is 0.901. The highest BCUT2D eigenvalue weighted by Crippen LogP contribution is 2.23.